The standard InChI is InChI=1S/C8H16N2OS2.C6H14N4S4/c1-9(2)8(12)13-7-10-3-5-11-6-4-10;1-9(2)7-5(11)13-14-6(12)8-10(3)4/h3-7H2,1-2H3;1-4H3,(H,7,11)(H,8,12). The maximum Gasteiger partial charge on any atom is 0.159 e. The van der Waals surface area contributed by atoms with Gasteiger partial charge in [-0.3, -0.25) is 4.90 Å². The summed E-state index contributed by atoms with van der Waals surface area (Å²) in [6.07, 6.45) is 0. The molecule has 1 aliphatic rings. The Morgan fingerprint density at radius 3 is 1.70 bits per heavy atom. The minimum atomic E-state index is 0.683. The average Bonchev–Trinajstić information content (AvgIpc) is 2.58. The zero-order valence-electron chi connectivity index (χ0n) is 16.7. The highest BCUT2D eigenvalue weighted by Crippen LogP contribution is 2.22. The first kappa shape index (κ1) is 27.6. The fraction of sp³-hybridized carbons (Fsp3) is 0.786. The Balaban J connectivity index is 0.000000501. The molecule has 0 aromatic carbocycles. The van der Waals surface area contributed by atoms with Gasteiger partial charge in [-0.2, -0.15) is 0 Å². The molecule has 0 aromatic rings. The van der Waals surface area contributed by atoms with Crippen LogP contribution in [0.15, 0.2) is 0 Å². The molecule has 1 fully saturated rings. The van der Waals surface area contributed by atoms with Crippen molar-refractivity contribution in [3.8, 4) is 0 Å². The first-order valence-corrected chi connectivity index (χ1v) is 12.4. The fourth-order valence-electron chi connectivity index (χ4n) is 1.48. The molecule has 27 heavy (non-hydrogen) atoms. The van der Waals surface area contributed by atoms with E-state index in [4.69, 9.17) is 41.4 Å². The summed E-state index contributed by atoms with van der Waals surface area (Å²) < 4.78 is 7.58. The Hall–Kier alpha value is 0.560. The highest BCUT2D eigenvalue weighted by Gasteiger charge is 2.11. The zero-order valence-corrected chi connectivity index (χ0v) is 21.6. The molecular weight excluding hydrogens is 461 g/mol. The summed E-state index contributed by atoms with van der Waals surface area (Å²) in [6, 6.07) is 0. The zero-order chi connectivity index (χ0) is 20.8. The maximum absolute atomic E-state index is 5.26. The Labute approximate surface area is 192 Å². The van der Waals surface area contributed by atoms with Gasteiger partial charge in [0.05, 0.1) is 19.1 Å². The minimum absolute atomic E-state index is 0.683. The van der Waals surface area contributed by atoms with E-state index < -0.39 is 0 Å². The van der Waals surface area contributed by atoms with Crippen LogP contribution in [0.4, 0.5) is 0 Å². The summed E-state index contributed by atoms with van der Waals surface area (Å²) in [7, 11) is 14.3. The summed E-state index contributed by atoms with van der Waals surface area (Å²) in [5, 5.41) is 3.58. The van der Waals surface area contributed by atoms with E-state index in [9.17, 15) is 0 Å². The molecule has 0 amide bonds. The molecule has 0 spiro atoms. The molecule has 1 heterocycles. The number of thioether (sulfide) groups is 1. The number of nitrogens with zero attached hydrogens (tertiary/aromatic N) is 4. The summed E-state index contributed by atoms with van der Waals surface area (Å²) in [4.78, 5) is 4.34. The molecule has 0 atom stereocenters. The monoisotopic (exact) mass is 490 g/mol. The molecule has 2 N–H and O–H groups in total. The minimum Gasteiger partial charge on any atom is -0.379 e. The Morgan fingerprint density at radius 2 is 1.33 bits per heavy atom. The lowest BCUT2D eigenvalue weighted by Crippen LogP contribution is -2.36. The third kappa shape index (κ3) is 17.2. The van der Waals surface area contributed by atoms with Crippen molar-refractivity contribution in [1.29, 1.82) is 0 Å². The van der Waals surface area contributed by atoms with E-state index in [1.54, 1.807) is 21.8 Å². The molecule has 0 aliphatic carbocycles. The van der Waals surface area contributed by atoms with E-state index in [1.807, 2.05) is 47.2 Å². The number of hydrogen-bond donors (Lipinski definition) is 2. The van der Waals surface area contributed by atoms with Crippen molar-refractivity contribution in [2.45, 2.75) is 0 Å². The van der Waals surface area contributed by atoms with Gasteiger partial charge in [-0.1, -0.05) is 48.4 Å². The van der Waals surface area contributed by atoms with Gasteiger partial charge in [-0.15, -0.1) is 0 Å². The van der Waals surface area contributed by atoms with E-state index >= 15 is 0 Å². The smallest absolute Gasteiger partial charge is 0.159 e. The molecule has 0 saturated carbocycles. The van der Waals surface area contributed by atoms with Gasteiger partial charge in [0.15, 0.2) is 8.64 Å². The van der Waals surface area contributed by atoms with Gasteiger partial charge >= 0.3 is 0 Å². The molecule has 158 valence electrons. The van der Waals surface area contributed by atoms with Gasteiger partial charge < -0.3 is 20.5 Å². The van der Waals surface area contributed by atoms with Crippen LogP contribution in [0, 0.1) is 0 Å². The lowest BCUT2D eigenvalue weighted by Gasteiger charge is -2.26. The highest BCUT2D eigenvalue weighted by atomic mass is 33.1. The largest absolute Gasteiger partial charge is 0.379 e. The molecule has 0 bridgehead atoms. The lowest BCUT2D eigenvalue weighted by molar-refractivity contribution is 0.0474. The fourth-order valence-corrected chi connectivity index (χ4v) is 4.70. The van der Waals surface area contributed by atoms with Gasteiger partial charge in [0.25, 0.3) is 0 Å². The van der Waals surface area contributed by atoms with Crippen molar-refractivity contribution in [3.05, 3.63) is 0 Å². The van der Waals surface area contributed by atoms with E-state index in [1.165, 1.54) is 21.6 Å². The first-order chi connectivity index (χ1) is 12.6. The van der Waals surface area contributed by atoms with Crippen LogP contribution in [0.3, 0.4) is 0 Å². The van der Waals surface area contributed by atoms with Crippen molar-refractivity contribution in [3.63, 3.8) is 0 Å². The Bertz CT molecular complexity index is 437. The van der Waals surface area contributed by atoms with Gasteiger partial charge in [0.1, 0.15) is 4.32 Å². The summed E-state index contributed by atoms with van der Waals surface area (Å²) in [5.41, 5.74) is 5.91. The number of ether oxygens (including phenoxy) is 1. The molecule has 0 radical (unpaired) electrons. The normalized spacial score (nSPS) is 14.4. The van der Waals surface area contributed by atoms with Crippen LogP contribution < -0.4 is 10.9 Å². The van der Waals surface area contributed by atoms with Crippen molar-refractivity contribution in [2.75, 3.05) is 74.5 Å². The van der Waals surface area contributed by atoms with E-state index in [0.717, 1.165) is 36.5 Å². The first-order valence-electron chi connectivity index (χ1n) is 8.06. The van der Waals surface area contributed by atoms with Crippen LogP contribution in [-0.4, -0.2) is 107 Å². The highest BCUT2D eigenvalue weighted by molar-refractivity contribution is 8.89. The molecule has 0 unspecified atom stereocenters. The maximum atomic E-state index is 5.26. The quantitative estimate of drug-likeness (QED) is 0.343. The summed E-state index contributed by atoms with van der Waals surface area (Å²) in [6.45, 7) is 3.77. The number of rotatable bonds is 4. The van der Waals surface area contributed by atoms with Crippen molar-refractivity contribution < 1.29 is 4.74 Å². The SMILES string of the molecule is CN(C)C(=S)SCN1CCOCC1.CN(C)NC(=S)SSC(=S)NN(C)C. The average molecular weight is 491 g/mol. The van der Waals surface area contributed by atoms with Crippen LogP contribution in [0.25, 0.3) is 0 Å². The molecule has 13 heteroatoms. The molecule has 0 aromatic heterocycles. The Morgan fingerprint density at radius 1 is 0.889 bits per heavy atom. The van der Waals surface area contributed by atoms with Gasteiger partial charge in [0, 0.05) is 55.4 Å². The second kappa shape index (κ2) is 16.4. The van der Waals surface area contributed by atoms with Crippen LogP contribution in [0.1, 0.15) is 0 Å². The molecule has 1 saturated heterocycles. The topological polar surface area (TPSA) is 46.3 Å². The number of morpholine rings is 1. The van der Waals surface area contributed by atoms with Crippen LogP contribution in [0.5, 0.6) is 0 Å². The van der Waals surface area contributed by atoms with Crippen LogP contribution in [-0.2, 0) is 4.74 Å². The van der Waals surface area contributed by atoms with Crippen molar-refractivity contribution >= 4 is 83.0 Å². The molecular formula is C14H30N6OS6. The number of hydrazine groups is 2. The number of nitrogens with one attached hydrogen (secondary N) is 2. The predicted molar refractivity (Wildman–Crippen MR) is 135 cm³/mol. The Kier molecular flexibility index (Phi) is 16.7. The molecule has 1 rings (SSSR count). The van der Waals surface area contributed by atoms with E-state index in [2.05, 4.69) is 15.8 Å². The third-order valence-electron chi connectivity index (χ3n) is 2.66. The van der Waals surface area contributed by atoms with Gasteiger partial charge in [-0.05, 0) is 21.6 Å². The number of thiocarbonyl (C=S) groups is 3. The van der Waals surface area contributed by atoms with Crippen LogP contribution in [0.2, 0.25) is 0 Å². The second-order valence-electron chi connectivity index (χ2n) is 5.92. The third-order valence-corrected chi connectivity index (χ3v) is 7.62. The molecule has 7 nitrogen and oxygen atoms in total. The summed E-state index contributed by atoms with van der Waals surface area (Å²) >= 11 is 17.0. The predicted octanol–water partition coefficient (Wildman–Crippen LogP) is 1.93. The van der Waals surface area contributed by atoms with Gasteiger partial charge in [-0.25, -0.2) is 10.0 Å². The van der Waals surface area contributed by atoms with Gasteiger partial charge in [0.2, 0.25) is 0 Å². The van der Waals surface area contributed by atoms with Crippen molar-refractivity contribution in [2.24, 2.45) is 0 Å². The van der Waals surface area contributed by atoms with Crippen molar-refractivity contribution in [1.82, 2.24) is 30.7 Å². The van der Waals surface area contributed by atoms with Crippen LogP contribution >= 0.6 is 70.0 Å². The second-order valence-corrected chi connectivity index (χ2v) is 11.0. The van der Waals surface area contributed by atoms with E-state index in [-0.39, 0.29) is 0 Å². The molecule has 1 aliphatic heterocycles. The van der Waals surface area contributed by atoms with E-state index in [0.29, 0.717) is 8.64 Å². The number of hydrogen-bond acceptors (Lipinski definition) is 10. The lowest BCUT2D eigenvalue weighted by atomic mass is 10.5. The summed E-state index contributed by atoms with van der Waals surface area (Å²) in [5.74, 6) is 0.986.